The summed E-state index contributed by atoms with van der Waals surface area (Å²) in [5.74, 6) is -0.187. The Kier molecular flexibility index (Phi) is 6.05. The monoisotopic (exact) mass is 499 g/mol. The molecule has 4 nitrogen and oxygen atoms in total. The zero-order valence-corrected chi connectivity index (χ0v) is 20.4. The van der Waals surface area contributed by atoms with E-state index in [1.807, 2.05) is 51.1 Å². The van der Waals surface area contributed by atoms with Crippen LogP contribution in [0.5, 0.6) is 0 Å². The van der Waals surface area contributed by atoms with Gasteiger partial charge in [0.05, 0.1) is 21.6 Å². The molecule has 0 saturated heterocycles. The second kappa shape index (κ2) is 8.47. The third-order valence-corrected chi connectivity index (χ3v) is 7.22. The Morgan fingerprint density at radius 3 is 2.45 bits per heavy atom. The van der Waals surface area contributed by atoms with Crippen molar-refractivity contribution in [3.05, 3.63) is 63.1 Å². The first-order valence-electron chi connectivity index (χ1n) is 10.5. The third kappa shape index (κ3) is 5.07. The minimum Gasteiger partial charge on any atom is -0.460 e. The van der Waals surface area contributed by atoms with Crippen molar-refractivity contribution < 1.29 is 14.3 Å². The number of rotatable bonds is 6. The number of halogens is 1. The molecule has 1 heterocycles. The number of hydrogen-bond acceptors (Lipinski definition) is 5. The van der Waals surface area contributed by atoms with Gasteiger partial charge in [0.25, 0.3) is 0 Å². The van der Waals surface area contributed by atoms with Gasteiger partial charge < -0.3 is 4.74 Å². The molecule has 1 aliphatic rings. The molecule has 0 atom stereocenters. The number of benzene rings is 2. The van der Waals surface area contributed by atoms with Crippen molar-refractivity contribution in [3.8, 4) is 0 Å². The van der Waals surface area contributed by atoms with Gasteiger partial charge in [-0.25, -0.2) is 4.98 Å². The van der Waals surface area contributed by atoms with Gasteiger partial charge >= 0.3 is 5.97 Å². The van der Waals surface area contributed by atoms with Gasteiger partial charge in [0.2, 0.25) is 0 Å². The number of esters is 1. The van der Waals surface area contributed by atoms with E-state index in [1.165, 1.54) is 0 Å². The van der Waals surface area contributed by atoms with E-state index >= 15 is 0 Å². The number of ketones is 1. The lowest BCUT2D eigenvalue weighted by Crippen LogP contribution is -2.37. The SMILES string of the molecule is CC(C)(C)OC(=O)CC1(C(=O)CCc2nc3cc(Br)ccc3s2)Cc2ccccc2C1. The molecule has 0 fully saturated rings. The summed E-state index contributed by atoms with van der Waals surface area (Å²) in [5.41, 5.74) is 1.96. The van der Waals surface area contributed by atoms with E-state index in [9.17, 15) is 9.59 Å². The number of ether oxygens (including phenoxy) is 1. The molecule has 0 bridgehead atoms. The number of aromatic nitrogens is 1. The Labute approximate surface area is 195 Å². The summed E-state index contributed by atoms with van der Waals surface area (Å²) in [7, 11) is 0. The molecule has 31 heavy (non-hydrogen) atoms. The second-order valence-electron chi connectivity index (χ2n) is 9.31. The molecule has 4 rings (SSSR count). The molecule has 0 spiro atoms. The van der Waals surface area contributed by atoms with Crippen molar-refractivity contribution in [2.24, 2.45) is 5.41 Å². The highest BCUT2D eigenvalue weighted by molar-refractivity contribution is 9.10. The summed E-state index contributed by atoms with van der Waals surface area (Å²) in [5, 5.41) is 0.948. The Hall–Kier alpha value is -2.05. The van der Waals surface area contributed by atoms with Gasteiger partial charge in [0, 0.05) is 22.7 Å². The lowest BCUT2D eigenvalue weighted by Gasteiger charge is -2.28. The van der Waals surface area contributed by atoms with Crippen molar-refractivity contribution in [2.75, 3.05) is 0 Å². The fraction of sp³-hybridized carbons (Fsp3) is 0.400. The molecule has 3 aromatic rings. The maximum Gasteiger partial charge on any atom is 0.307 e. The van der Waals surface area contributed by atoms with E-state index in [4.69, 9.17) is 4.74 Å². The summed E-state index contributed by atoms with van der Waals surface area (Å²) < 4.78 is 7.69. The number of hydrogen-bond donors (Lipinski definition) is 0. The summed E-state index contributed by atoms with van der Waals surface area (Å²) in [4.78, 5) is 30.9. The van der Waals surface area contributed by atoms with Crippen LogP contribution in [0.15, 0.2) is 46.9 Å². The molecule has 0 radical (unpaired) electrons. The maximum absolute atomic E-state index is 13.5. The minimum atomic E-state index is -0.730. The smallest absolute Gasteiger partial charge is 0.307 e. The van der Waals surface area contributed by atoms with Crippen molar-refractivity contribution in [1.82, 2.24) is 4.98 Å². The molecule has 0 N–H and O–H groups in total. The van der Waals surface area contributed by atoms with Crippen molar-refractivity contribution >= 4 is 49.2 Å². The van der Waals surface area contributed by atoms with Crippen LogP contribution in [0, 0.1) is 5.41 Å². The molecule has 2 aromatic carbocycles. The minimum absolute atomic E-state index is 0.116. The standard InChI is InChI=1S/C25H26BrNO3S/c1-24(2,3)30-23(29)15-25(13-16-6-4-5-7-17(16)14-25)21(28)10-11-22-27-19-12-18(26)8-9-20(19)31-22/h4-9,12H,10-11,13-15H2,1-3H3. The fourth-order valence-corrected chi connectivity index (χ4v) is 5.61. The molecule has 1 aliphatic carbocycles. The summed E-state index contributed by atoms with van der Waals surface area (Å²) in [6.07, 6.45) is 2.26. The lowest BCUT2D eigenvalue weighted by atomic mass is 9.76. The first-order valence-corrected chi connectivity index (χ1v) is 12.1. The van der Waals surface area contributed by atoms with Crippen LogP contribution in [0.3, 0.4) is 0 Å². The van der Waals surface area contributed by atoms with E-state index in [-0.39, 0.29) is 18.2 Å². The van der Waals surface area contributed by atoms with Crippen LogP contribution >= 0.6 is 27.3 Å². The fourth-order valence-electron chi connectivity index (χ4n) is 4.31. The summed E-state index contributed by atoms with van der Waals surface area (Å²) in [6, 6.07) is 14.1. The molecule has 0 saturated carbocycles. The van der Waals surface area contributed by atoms with E-state index in [0.29, 0.717) is 25.7 Å². The highest BCUT2D eigenvalue weighted by Gasteiger charge is 2.45. The van der Waals surface area contributed by atoms with Crippen LogP contribution in [-0.2, 0) is 33.6 Å². The van der Waals surface area contributed by atoms with Gasteiger partial charge in [0.1, 0.15) is 11.4 Å². The van der Waals surface area contributed by atoms with Gasteiger partial charge in [-0.15, -0.1) is 11.3 Å². The van der Waals surface area contributed by atoms with Crippen LogP contribution < -0.4 is 0 Å². The van der Waals surface area contributed by atoms with Crippen LogP contribution in [-0.4, -0.2) is 22.3 Å². The van der Waals surface area contributed by atoms with Crippen LogP contribution in [0.4, 0.5) is 0 Å². The normalized spacial score (nSPS) is 15.1. The van der Waals surface area contributed by atoms with Crippen molar-refractivity contribution in [3.63, 3.8) is 0 Å². The molecule has 1 aromatic heterocycles. The van der Waals surface area contributed by atoms with Gasteiger partial charge in [-0.1, -0.05) is 40.2 Å². The summed E-state index contributed by atoms with van der Waals surface area (Å²) in [6.45, 7) is 5.57. The predicted molar refractivity (Wildman–Crippen MR) is 127 cm³/mol. The molecule has 0 unspecified atom stereocenters. The molecule has 0 amide bonds. The summed E-state index contributed by atoms with van der Waals surface area (Å²) >= 11 is 5.10. The number of Topliss-reactive ketones (excluding diaryl/α,β-unsaturated/α-hetero) is 1. The quantitative estimate of drug-likeness (QED) is 0.385. The Balaban J connectivity index is 1.53. The van der Waals surface area contributed by atoms with Crippen LogP contribution in [0.2, 0.25) is 0 Å². The van der Waals surface area contributed by atoms with Gasteiger partial charge in [0.15, 0.2) is 0 Å². The number of nitrogens with zero attached hydrogens (tertiary/aromatic N) is 1. The van der Waals surface area contributed by atoms with Crippen LogP contribution in [0.25, 0.3) is 10.2 Å². The zero-order valence-electron chi connectivity index (χ0n) is 18.0. The van der Waals surface area contributed by atoms with E-state index in [1.54, 1.807) is 11.3 Å². The lowest BCUT2D eigenvalue weighted by molar-refractivity contribution is -0.159. The Morgan fingerprint density at radius 1 is 1.13 bits per heavy atom. The number of thiazole rings is 1. The van der Waals surface area contributed by atoms with Gasteiger partial charge in [-0.05, 0) is 62.9 Å². The molecule has 162 valence electrons. The number of aryl methyl sites for hydroxylation is 1. The van der Waals surface area contributed by atoms with Gasteiger partial charge in [-0.3, -0.25) is 9.59 Å². The van der Waals surface area contributed by atoms with Gasteiger partial charge in [-0.2, -0.15) is 0 Å². The number of fused-ring (bicyclic) bond motifs is 2. The highest BCUT2D eigenvalue weighted by Crippen LogP contribution is 2.42. The zero-order chi connectivity index (χ0) is 22.2. The van der Waals surface area contributed by atoms with E-state index < -0.39 is 11.0 Å². The van der Waals surface area contributed by atoms with E-state index in [0.717, 1.165) is 30.8 Å². The largest absolute Gasteiger partial charge is 0.460 e. The second-order valence-corrected chi connectivity index (χ2v) is 11.3. The molecular formula is C25H26BrNO3S. The molecular weight excluding hydrogens is 474 g/mol. The molecule has 6 heteroatoms. The third-order valence-electron chi connectivity index (χ3n) is 5.63. The van der Waals surface area contributed by atoms with E-state index in [2.05, 4.69) is 33.0 Å². The maximum atomic E-state index is 13.5. The first kappa shape index (κ1) is 22.2. The first-order chi connectivity index (χ1) is 14.6. The molecule has 0 aliphatic heterocycles. The van der Waals surface area contributed by atoms with Crippen LogP contribution in [0.1, 0.15) is 49.7 Å². The Bertz CT molecular complexity index is 1120. The van der Waals surface area contributed by atoms with Crippen molar-refractivity contribution in [2.45, 2.75) is 58.5 Å². The van der Waals surface area contributed by atoms with Crippen molar-refractivity contribution in [1.29, 1.82) is 0 Å². The number of carbonyl (C=O) groups excluding carboxylic acids is 2. The highest BCUT2D eigenvalue weighted by atomic mass is 79.9. The number of carbonyl (C=O) groups is 2. The topological polar surface area (TPSA) is 56.3 Å². The average molecular weight is 500 g/mol. The predicted octanol–water partition coefficient (Wildman–Crippen LogP) is 6.08. The Morgan fingerprint density at radius 2 is 1.81 bits per heavy atom. The average Bonchev–Trinajstić information content (AvgIpc) is 3.25.